The van der Waals surface area contributed by atoms with Crippen LogP contribution in [0, 0.1) is 0 Å². The normalized spacial score (nSPS) is 17.9. The molecule has 0 saturated carbocycles. The fourth-order valence-corrected chi connectivity index (χ4v) is 4.78. The van der Waals surface area contributed by atoms with Crippen molar-refractivity contribution < 1.29 is 38.2 Å². The Kier molecular flexibility index (Phi) is 16.7. The summed E-state index contributed by atoms with van der Waals surface area (Å²) in [4.78, 5) is 42.6. The van der Waals surface area contributed by atoms with Gasteiger partial charge in [-0.1, -0.05) is 38.5 Å². The van der Waals surface area contributed by atoms with Crippen LogP contribution in [0.2, 0.25) is 0 Å². The van der Waals surface area contributed by atoms with Gasteiger partial charge < -0.3 is 28.7 Å². The standard InChI is InChI=1S/C28H50N2O8/c1-34-21-9-5-3-7-11-23-36-28(37-24-12-8-4-6-10-22-35-2)16-19-29(20-17-28)18-15-27(33)38-30-25(31)13-14-26(30)32/h3-24H2,1-2H3. The maximum atomic E-state index is 12.2. The van der Waals surface area contributed by atoms with E-state index in [1.807, 2.05) is 0 Å². The van der Waals surface area contributed by atoms with E-state index in [1.165, 1.54) is 25.7 Å². The molecule has 0 radical (unpaired) electrons. The topological polar surface area (TPSA) is 104 Å². The highest BCUT2D eigenvalue weighted by Gasteiger charge is 2.37. The zero-order valence-corrected chi connectivity index (χ0v) is 23.7. The van der Waals surface area contributed by atoms with Crippen LogP contribution in [0.5, 0.6) is 0 Å². The largest absolute Gasteiger partial charge is 0.385 e. The first-order valence-corrected chi connectivity index (χ1v) is 14.5. The number of nitrogens with zero attached hydrogens (tertiary/aromatic N) is 2. The van der Waals surface area contributed by atoms with Gasteiger partial charge in [-0.25, -0.2) is 4.79 Å². The average molecular weight is 543 g/mol. The highest BCUT2D eigenvalue weighted by molar-refractivity contribution is 6.01. The molecule has 2 aliphatic heterocycles. The molecule has 2 saturated heterocycles. The second kappa shape index (κ2) is 19.5. The van der Waals surface area contributed by atoms with E-state index in [4.69, 9.17) is 23.8 Å². The smallest absolute Gasteiger partial charge is 0.334 e. The van der Waals surface area contributed by atoms with Gasteiger partial charge in [-0.05, 0) is 25.7 Å². The molecule has 0 bridgehead atoms. The van der Waals surface area contributed by atoms with Crippen LogP contribution in [0.15, 0.2) is 0 Å². The third kappa shape index (κ3) is 13.0. The molecule has 0 aromatic carbocycles. The van der Waals surface area contributed by atoms with Crippen molar-refractivity contribution in [2.45, 2.75) is 102 Å². The molecule has 2 heterocycles. The Morgan fingerprint density at radius 1 is 0.711 bits per heavy atom. The molecular formula is C28H50N2O8. The first-order chi connectivity index (χ1) is 18.5. The van der Waals surface area contributed by atoms with E-state index in [-0.39, 0.29) is 19.3 Å². The number of rotatable bonds is 22. The zero-order chi connectivity index (χ0) is 27.5. The van der Waals surface area contributed by atoms with E-state index >= 15 is 0 Å². The number of carbonyl (C=O) groups excluding carboxylic acids is 3. The van der Waals surface area contributed by atoms with Crippen LogP contribution in [0.1, 0.15) is 96.3 Å². The van der Waals surface area contributed by atoms with E-state index in [0.717, 1.165) is 77.7 Å². The SMILES string of the molecule is COCCCCCCCOC1(OCCCCCCCOC)CCN(CCC(=O)ON2C(=O)CCC2=O)CC1. The monoisotopic (exact) mass is 542 g/mol. The second-order valence-corrected chi connectivity index (χ2v) is 10.3. The molecule has 220 valence electrons. The molecule has 10 heteroatoms. The zero-order valence-electron chi connectivity index (χ0n) is 23.7. The molecule has 38 heavy (non-hydrogen) atoms. The van der Waals surface area contributed by atoms with Gasteiger partial charge in [-0.15, -0.1) is 5.06 Å². The summed E-state index contributed by atoms with van der Waals surface area (Å²) in [6, 6.07) is 0. The molecule has 2 rings (SSSR count). The summed E-state index contributed by atoms with van der Waals surface area (Å²) in [5, 5.41) is 0.612. The summed E-state index contributed by atoms with van der Waals surface area (Å²) in [6.45, 7) is 5.03. The Labute approximate surface area is 228 Å². The van der Waals surface area contributed by atoms with Crippen molar-refractivity contribution in [1.29, 1.82) is 0 Å². The van der Waals surface area contributed by atoms with Gasteiger partial charge >= 0.3 is 5.97 Å². The van der Waals surface area contributed by atoms with Crippen molar-refractivity contribution in [3.63, 3.8) is 0 Å². The van der Waals surface area contributed by atoms with Crippen molar-refractivity contribution in [1.82, 2.24) is 9.96 Å². The van der Waals surface area contributed by atoms with Gasteiger partial charge in [0.1, 0.15) is 0 Å². The van der Waals surface area contributed by atoms with Crippen LogP contribution in [0.25, 0.3) is 0 Å². The molecule has 0 aliphatic carbocycles. The molecule has 2 aliphatic rings. The predicted molar refractivity (Wildman–Crippen MR) is 142 cm³/mol. The summed E-state index contributed by atoms with van der Waals surface area (Å²) in [7, 11) is 3.48. The van der Waals surface area contributed by atoms with E-state index in [2.05, 4.69) is 4.90 Å². The quantitative estimate of drug-likeness (QED) is 0.114. The van der Waals surface area contributed by atoms with Gasteiger partial charge in [0.05, 0.1) is 19.6 Å². The number of hydrogen-bond donors (Lipinski definition) is 0. The van der Waals surface area contributed by atoms with E-state index in [0.29, 0.717) is 24.8 Å². The van der Waals surface area contributed by atoms with Crippen molar-refractivity contribution in [2.24, 2.45) is 0 Å². The molecule has 0 unspecified atom stereocenters. The predicted octanol–water partition coefficient (Wildman–Crippen LogP) is 4.00. The second-order valence-electron chi connectivity index (χ2n) is 10.3. The van der Waals surface area contributed by atoms with E-state index in [1.54, 1.807) is 14.2 Å². The Morgan fingerprint density at radius 2 is 1.16 bits per heavy atom. The molecule has 0 atom stereocenters. The average Bonchev–Trinajstić information content (AvgIpc) is 3.23. The Hall–Kier alpha value is -1.59. The third-order valence-corrected chi connectivity index (χ3v) is 7.16. The molecule has 2 amide bonds. The van der Waals surface area contributed by atoms with E-state index in [9.17, 15) is 14.4 Å². The molecule has 0 spiro atoms. The number of carbonyl (C=O) groups is 3. The Balaban J connectivity index is 1.71. The third-order valence-electron chi connectivity index (χ3n) is 7.16. The molecular weight excluding hydrogens is 492 g/mol. The number of hydroxylamine groups is 2. The van der Waals surface area contributed by atoms with Crippen LogP contribution >= 0.6 is 0 Å². The fourth-order valence-electron chi connectivity index (χ4n) is 4.78. The lowest BCUT2D eigenvalue weighted by Crippen LogP contribution is -2.48. The lowest BCUT2D eigenvalue weighted by atomic mass is 10.0. The number of ether oxygens (including phenoxy) is 4. The van der Waals surface area contributed by atoms with Gasteiger partial charge in [-0.2, -0.15) is 0 Å². The van der Waals surface area contributed by atoms with Crippen molar-refractivity contribution >= 4 is 17.8 Å². The number of unbranched alkanes of at least 4 members (excludes halogenated alkanes) is 8. The van der Waals surface area contributed by atoms with Gasteiger partial charge in [0.2, 0.25) is 0 Å². The first kappa shape index (κ1) is 32.6. The van der Waals surface area contributed by atoms with Crippen LogP contribution in [0.3, 0.4) is 0 Å². The minimum atomic E-state index is -0.572. The summed E-state index contributed by atoms with van der Waals surface area (Å²) < 4.78 is 23.0. The fraction of sp³-hybridized carbons (Fsp3) is 0.893. The van der Waals surface area contributed by atoms with Crippen LogP contribution in [-0.2, 0) is 38.2 Å². The summed E-state index contributed by atoms with van der Waals surface area (Å²) in [5.74, 6) is -2.04. The summed E-state index contributed by atoms with van der Waals surface area (Å²) in [6.07, 6.45) is 13.0. The van der Waals surface area contributed by atoms with Gasteiger partial charge in [0, 0.05) is 72.8 Å². The summed E-state index contributed by atoms with van der Waals surface area (Å²) >= 11 is 0. The van der Waals surface area contributed by atoms with Crippen LogP contribution in [0.4, 0.5) is 0 Å². The summed E-state index contributed by atoms with van der Waals surface area (Å²) in [5.41, 5.74) is 0. The first-order valence-electron chi connectivity index (χ1n) is 14.5. The number of amides is 2. The Morgan fingerprint density at radius 3 is 1.63 bits per heavy atom. The minimum absolute atomic E-state index is 0.0992. The van der Waals surface area contributed by atoms with Gasteiger partial charge in [0.25, 0.3) is 11.8 Å². The van der Waals surface area contributed by atoms with Crippen molar-refractivity contribution in [2.75, 3.05) is 60.3 Å². The molecule has 10 nitrogen and oxygen atoms in total. The molecule has 0 N–H and O–H groups in total. The number of methoxy groups -OCH3 is 2. The van der Waals surface area contributed by atoms with Crippen molar-refractivity contribution in [3.8, 4) is 0 Å². The number of imide groups is 1. The van der Waals surface area contributed by atoms with Crippen LogP contribution in [-0.4, -0.2) is 93.8 Å². The highest BCUT2D eigenvalue weighted by atomic mass is 16.7. The maximum absolute atomic E-state index is 12.2. The molecule has 0 aromatic rings. The minimum Gasteiger partial charge on any atom is -0.385 e. The number of hydrogen-bond acceptors (Lipinski definition) is 9. The molecule has 0 aromatic heterocycles. The number of likely N-dealkylation sites (tertiary alicyclic amines) is 1. The molecule has 2 fully saturated rings. The van der Waals surface area contributed by atoms with Gasteiger partial charge in [0.15, 0.2) is 5.79 Å². The lowest BCUT2D eigenvalue weighted by Gasteiger charge is -2.41. The lowest BCUT2D eigenvalue weighted by molar-refractivity contribution is -0.258. The van der Waals surface area contributed by atoms with Gasteiger partial charge in [-0.3, -0.25) is 9.59 Å². The maximum Gasteiger partial charge on any atom is 0.334 e. The Bertz CT molecular complexity index is 644. The van der Waals surface area contributed by atoms with Crippen LogP contribution < -0.4 is 0 Å². The number of piperidine rings is 1. The van der Waals surface area contributed by atoms with Crippen molar-refractivity contribution in [3.05, 3.63) is 0 Å². The highest BCUT2D eigenvalue weighted by Crippen LogP contribution is 2.29. The van der Waals surface area contributed by atoms with E-state index < -0.39 is 23.6 Å².